The number of rotatable bonds is 5. The minimum Gasteiger partial charge on any atom is -0.478 e. The molecule has 1 saturated carbocycles. The smallest absolute Gasteiger partial charge is 0.218 e. The fraction of sp³-hybridized carbons (Fsp3) is 0.333. The Kier molecular flexibility index (Phi) is 3.65. The van der Waals surface area contributed by atoms with E-state index in [4.69, 9.17) is 16.3 Å². The number of aromatic nitrogens is 2. The van der Waals surface area contributed by atoms with Crippen molar-refractivity contribution < 1.29 is 4.74 Å². The molecule has 1 heterocycles. The van der Waals surface area contributed by atoms with Crippen LogP contribution in [0.4, 0.5) is 0 Å². The fourth-order valence-electron chi connectivity index (χ4n) is 1.92. The lowest BCUT2D eigenvalue weighted by Crippen LogP contribution is -2.01. The Morgan fingerprint density at radius 3 is 2.68 bits per heavy atom. The minimum absolute atomic E-state index is 0.412. The van der Waals surface area contributed by atoms with Crippen molar-refractivity contribution in [2.75, 3.05) is 6.61 Å². The van der Waals surface area contributed by atoms with Crippen molar-refractivity contribution in [2.24, 2.45) is 5.92 Å². The molecule has 98 valence electrons. The maximum Gasteiger partial charge on any atom is 0.218 e. The summed E-state index contributed by atoms with van der Waals surface area (Å²) in [5.41, 5.74) is 0.942. The van der Waals surface area contributed by atoms with Gasteiger partial charge in [-0.25, -0.2) is 4.98 Å². The molecule has 0 aliphatic heterocycles. The van der Waals surface area contributed by atoms with Gasteiger partial charge < -0.3 is 4.74 Å². The number of hydrogen-bond donors (Lipinski definition) is 0. The van der Waals surface area contributed by atoms with E-state index in [9.17, 15) is 0 Å². The minimum atomic E-state index is 0.412. The molecule has 4 heteroatoms. The van der Waals surface area contributed by atoms with Crippen LogP contribution >= 0.6 is 11.6 Å². The lowest BCUT2D eigenvalue weighted by molar-refractivity contribution is 0.291. The molecule has 0 atom stereocenters. The average molecular weight is 275 g/mol. The van der Waals surface area contributed by atoms with Crippen molar-refractivity contribution in [3.63, 3.8) is 0 Å². The van der Waals surface area contributed by atoms with E-state index in [-0.39, 0.29) is 0 Å². The molecule has 0 spiro atoms. The largest absolute Gasteiger partial charge is 0.478 e. The molecule has 2 aromatic rings. The molecule has 1 aromatic carbocycles. The highest BCUT2D eigenvalue weighted by atomic mass is 35.5. The summed E-state index contributed by atoms with van der Waals surface area (Å²) >= 11 is 6.02. The van der Waals surface area contributed by atoms with E-state index in [1.54, 1.807) is 6.07 Å². The molecule has 0 saturated heterocycles. The van der Waals surface area contributed by atoms with Gasteiger partial charge in [-0.1, -0.05) is 54.8 Å². The van der Waals surface area contributed by atoms with Crippen molar-refractivity contribution >= 4 is 11.6 Å². The molecule has 0 unspecified atom stereocenters. The summed E-state index contributed by atoms with van der Waals surface area (Å²) in [7, 11) is 0. The van der Waals surface area contributed by atoms with Gasteiger partial charge in [0.05, 0.1) is 6.61 Å². The van der Waals surface area contributed by atoms with Crippen molar-refractivity contribution in [3.8, 4) is 17.3 Å². The van der Waals surface area contributed by atoms with Crippen LogP contribution in [0.1, 0.15) is 19.3 Å². The van der Waals surface area contributed by atoms with E-state index < -0.39 is 0 Å². The second-order valence-corrected chi connectivity index (χ2v) is 5.19. The van der Waals surface area contributed by atoms with Crippen LogP contribution in [-0.4, -0.2) is 16.6 Å². The zero-order valence-electron chi connectivity index (χ0n) is 10.6. The van der Waals surface area contributed by atoms with Crippen LogP contribution in [0.15, 0.2) is 36.4 Å². The first kappa shape index (κ1) is 12.4. The molecule has 0 N–H and O–H groups in total. The molecule has 0 radical (unpaired) electrons. The van der Waals surface area contributed by atoms with Gasteiger partial charge in [0.25, 0.3) is 0 Å². The Bertz CT molecular complexity index is 555. The van der Waals surface area contributed by atoms with Crippen molar-refractivity contribution in [3.05, 3.63) is 41.6 Å². The van der Waals surface area contributed by atoms with Gasteiger partial charge in [-0.05, 0) is 12.3 Å². The lowest BCUT2D eigenvalue weighted by atomic mass is 10.2. The normalized spacial score (nSPS) is 14.4. The summed E-state index contributed by atoms with van der Waals surface area (Å²) in [6.07, 6.45) is 3.77. The number of nitrogens with zero attached hydrogens (tertiary/aromatic N) is 2. The topological polar surface area (TPSA) is 35.0 Å². The Morgan fingerprint density at radius 2 is 1.95 bits per heavy atom. The van der Waals surface area contributed by atoms with E-state index in [1.165, 1.54) is 12.8 Å². The lowest BCUT2D eigenvalue weighted by Gasteiger charge is -2.07. The van der Waals surface area contributed by atoms with Gasteiger partial charge in [0.15, 0.2) is 5.82 Å². The highest BCUT2D eigenvalue weighted by molar-refractivity contribution is 6.29. The molecular weight excluding hydrogens is 260 g/mol. The van der Waals surface area contributed by atoms with Crippen LogP contribution in [0.2, 0.25) is 5.15 Å². The van der Waals surface area contributed by atoms with Crippen LogP contribution in [0.25, 0.3) is 11.4 Å². The monoisotopic (exact) mass is 274 g/mol. The first-order valence-electron chi connectivity index (χ1n) is 6.54. The molecule has 0 bridgehead atoms. The third kappa shape index (κ3) is 3.44. The highest BCUT2D eigenvalue weighted by Crippen LogP contribution is 2.32. The summed E-state index contributed by atoms with van der Waals surface area (Å²) in [4.78, 5) is 8.64. The first-order chi connectivity index (χ1) is 9.31. The SMILES string of the molecule is Clc1cc(OCCC2CC2)nc(-c2ccccc2)n1. The molecule has 3 rings (SSSR count). The van der Waals surface area contributed by atoms with Crippen LogP contribution in [0.3, 0.4) is 0 Å². The van der Waals surface area contributed by atoms with Gasteiger partial charge in [0.1, 0.15) is 5.15 Å². The van der Waals surface area contributed by atoms with Gasteiger partial charge in [-0.2, -0.15) is 4.98 Å². The van der Waals surface area contributed by atoms with Gasteiger partial charge >= 0.3 is 0 Å². The summed E-state index contributed by atoms with van der Waals surface area (Å²) in [6.45, 7) is 0.701. The standard InChI is InChI=1S/C15H15ClN2O/c16-13-10-14(19-9-8-11-6-7-11)18-15(17-13)12-4-2-1-3-5-12/h1-5,10-11H,6-9H2. The zero-order chi connectivity index (χ0) is 13.1. The zero-order valence-corrected chi connectivity index (χ0v) is 11.3. The molecular formula is C15H15ClN2O. The van der Waals surface area contributed by atoms with E-state index in [0.717, 1.165) is 17.9 Å². The Morgan fingerprint density at radius 1 is 1.16 bits per heavy atom. The van der Waals surface area contributed by atoms with Crippen molar-refractivity contribution in [2.45, 2.75) is 19.3 Å². The summed E-state index contributed by atoms with van der Waals surface area (Å²) in [5.74, 6) is 2.01. The van der Waals surface area contributed by atoms with Crippen LogP contribution in [-0.2, 0) is 0 Å². The van der Waals surface area contributed by atoms with E-state index >= 15 is 0 Å². The van der Waals surface area contributed by atoms with Crippen LogP contribution in [0, 0.1) is 5.92 Å². The Hall–Kier alpha value is -1.61. The van der Waals surface area contributed by atoms with Gasteiger partial charge in [-0.15, -0.1) is 0 Å². The molecule has 1 aromatic heterocycles. The third-order valence-corrected chi connectivity index (χ3v) is 3.37. The predicted octanol–water partition coefficient (Wildman–Crippen LogP) is 3.98. The fourth-order valence-corrected chi connectivity index (χ4v) is 2.10. The maximum atomic E-state index is 6.02. The molecule has 19 heavy (non-hydrogen) atoms. The number of benzene rings is 1. The van der Waals surface area contributed by atoms with E-state index in [0.29, 0.717) is 23.5 Å². The van der Waals surface area contributed by atoms with Crippen LogP contribution in [0.5, 0.6) is 5.88 Å². The highest BCUT2D eigenvalue weighted by Gasteiger charge is 2.20. The maximum absolute atomic E-state index is 6.02. The number of ether oxygens (including phenoxy) is 1. The molecule has 0 amide bonds. The summed E-state index contributed by atoms with van der Waals surface area (Å²) in [6, 6.07) is 11.4. The molecule has 1 fully saturated rings. The predicted molar refractivity (Wildman–Crippen MR) is 75.3 cm³/mol. The van der Waals surface area contributed by atoms with Gasteiger partial charge in [0.2, 0.25) is 5.88 Å². The van der Waals surface area contributed by atoms with Crippen LogP contribution < -0.4 is 4.74 Å². The van der Waals surface area contributed by atoms with Crippen molar-refractivity contribution in [1.82, 2.24) is 9.97 Å². The number of halogens is 1. The van der Waals surface area contributed by atoms with E-state index in [1.807, 2.05) is 30.3 Å². The Labute approximate surface area is 117 Å². The summed E-state index contributed by atoms with van der Waals surface area (Å²) in [5, 5.41) is 0.412. The first-order valence-corrected chi connectivity index (χ1v) is 6.92. The second-order valence-electron chi connectivity index (χ2n) is 4.80. The third-order valence-electron chi connectivity index (χ3n) is 3.18. The molecule has 1 aliphatic rings. The Balaban J connectivity index is 1.75. The second kappa shape index (κ2) is 5.57. The number of hydrogen-bond acceptors (Lipinski definition) is 3. The van der Waals surface area contributed by atoms with Gasteiger partial charge in [-0.3, -0.25) is 0 Å². The quantitative estimate of drug-likeness (QED) is 0.774. The van der Waals surface area contributed by atoms with Gasteiger partial charge in [0, 0.05) is 11.6 Å². The summed E-state index contributed by atoms with van der Waals surface area (Å²) < 4.78 is 5.66. The molecule has 1 aliphatic carbocycles. The van der Waals surface area contributed by atoms with E-state index in [2.05, 4.69) is 9.97 Å². The van der Waals surface area contributed by atoms with Crippen molar-refractivity contribution in [1.29, 1.82) is 0 Å². The average Bonchev–Trinajstić information content (AvgIpc) is 3.23. The molecule has 3 nitrogen and oxygen atoms in total.